The Balaban J connectivity index is 1.89. The average molecular weight is 291 g/mol. The Morgan fingerprint density at radius 3 is 2.81 bits per heavy atom. The molecule has 21 heavy (non-hydrogen) atoms. The average Bonchev–Trinajstić information content (AvgIpc) is 2.89. The lowest BCUT2D eigenvalue weighted by Gasteiger charge is -2.20. The molecule has 5 nitrogen and oxygen atoms in total. The number of hydrogen-bond acceptors (Lipinski definition) is 3. The lowest BCUT2D eigenvalue weighted by molar-refractivity contribution is -0.147. The number of ether oxygens (including phenoxy) is 1. The fourth-order valence-corrected chi connectivity index (χ4v) is 2.59. The highest BCUT2D eigenvalue weighted by atomic mass is 16.5. The number of carboxylic acids is 1. The van der Waals surface area contributed by atoms with E-state index in [0.29, 0.717) is 32.4 Å². The molecule has 1 heterocycles. The Morgan fingerprint density at radius 2 is 2.19 bits per heavy atom. The third-order valence-corrected chi connectivity index (χ3v) is 4.10. The first-order valence-electron chi connectivity index (χ1n) is 7.09. The highest BCUT2D eigenvalue weighted by Crippen LogP contribution is 2.30. The van der Waals surface area contributed by atoms with Gasteiger partial charge in [-0.05, 0) is 37.5 Å². The van der Waals surface area contributed by atoms with Crippen molar-refractivity contribution in [2.24, 2.45) is 5.41 Å². The van der Waals surface area contributed by atoms with Crippen molar-refractivity contribution in [3.63, 3.8) is 0 Å². The number of carbonyl (C=O) groups is 2. The van der Waals surface area contributed by atoms with Crippen LogP contribution in [-0.2, 0) is 16.0 Å². The number of carbonyl (C=O) groups excluding carboxylic acids is 1. The largest absolute Gasteiger partial charge is 0.497 e. The van der Waals surface area contributed by atoms with Crippen LogP contribution in [0.5, 0.6) is 5.75 Å². The molecule has 1 amide bonds. The van der Waals surface area contributed by atoms with Gasteiger partial charge in [0, 0.05) is 19.5 Å². The Bertz CT molecular complexity index is 543. The first kappa shape index (κ1) is 15.4. The lowest BCUT2D eigenvalue weighted by atomic mass is 9.90. The number of nitrogens with zero attached hydrogens (tertiary/aromatic N) is 1. The number of likely N-dealkylation sites (tertiary alicyclic amines) is 1. The van der Waals surface area contributed by atoms with Crippen LogP contribution in [0.1, 0.15) is 25.3 Å². The van der Waals surface area contributed by atoms with E-state index in [1.165, 1.54) is 0 Å². The zero-order valence-corrected chi connectivity index (χ0v) is 12.5. The van der Waals surface area contributed by atoms with E-state index in [1.54, 1.807) is 18.9 Å². The minimum atomic E-state index is -0.828. The van der Waals surface area contributed by atoms with Gasteiger partial charge in [-0.15, -0.1) is 0 Å². The van der Waals surface area contributed by atoms with E-state index in [2.05, 4.69) is 0 Å². The summed E-state index contributed by atoms with van der Waals surface area (Å²) in [5.41, 5.74) is 0.244. The molecule has 2 rings (SSSR count). The smallest absolute Gasteiger partial charge is 0.311 e. The van der Waals surface area contributed by atoms with Gasteiger partial charge in [0.15, 0.2) is 0 Å². The molecule has 1 N–H and O–H groups in total. The monoisotopic (exact) mass is 291 g/mol. The molecular formula is C16H21NO4. The zero-order valence-electron chi connectivity index (χ0n) is 12.5. The molecule has 0 aromatic heterocycles. The summed E-state index contributed by atoms with van der Waals surface area (Å²) in [6.45, 7) is 2.53. The first-order valence-corrected chi connectivity index (χ1v) is 7.09. The van der Waals surface area contributed by atoms with Crippen LogP contribution in [0.3, 0.4) is 0 Å². The van der Waals surface area contributed by atoms with Gasteiger partial charge in [-0.25, -0.2) is 0 Å². The normalized spacial score (nSPS) is 21.3. The maximum absolute atomic E-state index is 12.2. The summed E-state index contributed by atoms with van der Waals surface area (Å²) in [6, 6.07) is 7.64. The number of methoxy groups -OCH3 is 1. The third-order valence-electron chi connectivity index (χ3n) is 4.10. The van der Waals surface area contributed by atoms with Gasteiger partial charge in [0.05, 0.1) is 12.5 Å². The summed E-state index contributed by atoms with van der Waals surface area (Å²) >= 11 is 0. The number of rotatable bonds is 5. The third kappa shape index (κ3) is 3.54. The second-order valence-electron chi connectivity index (χ2n) is 5.78. The molecule has 0 bridgehead atoms. The molecule has 0 unspecified atom stereocenters. The van der Waals surface area contributed by atoms with Gasteiger partial charge < -0.3 is 14.7 Å². The molecular weight excluding hydrogens is 270 g/mol. The van der Waals surface area contributed by atoms with Crippen molar-refractivity contribution in [1.29, 1.82) is 0 Å². The van der Waals surface area contributed by atoms with Crippen LogP contribution >= 0.6 is 0 Å². The van der Waals surface area contributed by atoms with Crippen LogP contribution < -0.4 is 4.74 Å². The van der Waals surface area contributed by atoms with Crippen molar-refractivity contribution in [2.45, 2.75) is 26.2 Å². The molecule has 114 valence electrons. The standard InChI is InChI=1S/C16H21NO4/c1-16(15(19)20)8-9-17(11-16)14(18)7-6-12-4-3-5-13(10-12)21-2/h3-5,10H,6-9,11H2,1-2H3,(H,19,20)/t16-/m1/s1. The van der Waals surface area contributed by atoms with Gasteiger partial charge in [-0.3, -0.25) is 9.59 Å². The fraction of sp³-hybridized carbons (Fsp3) is 0.500. The summed E-state index contributed by atoms with van der Waals surface area (Å²) in [4.78, 5) is 25.0. The predicted octanol–water partition coefficient (Wildman–Crippen LogP) is 1.95. The molecule has 0 spiro atoms. The van der Waals surface area contributed by atoms with Crippen molar-refractivity contribution in [2.75, 3.05) is 20.2 Å². The van der Waals surface area contributed by atoms with Gasteiger partial charge in [0.25, 0.3) is 0 Å². The number of aliphatic carboxylic acids is 1. The van der Waals surface area contributed by atoms with Crippen molar-refractivity contribution in [1.82, 2.24) is 4.90 Å². The quantitative estimate of drug-likeness (QED) is 0.900. The number of amides is 1. The summed E-state index contributed by atoms with van der Waals surface area (Å²) in [7, 11) is 1.61. The molecule has 0 radical (unpaired) electrons. The van der Waals surface area contributed by atoms with Crippen LogP contribution in [-0.4, -0.2) is 42.1 Å². The molecule has 1 atom stereocenters. The molecule has 1 aromatic rings. The van der Waals surface area contributed by atoms with Gasteiger partial charge >= 0.3 is 5.97 Å². The maximum Gasteiger partial charge on any atom is 0.311 e. The molecule has 5 heteroatoms. The highest BCUT2D eigenvalue weighted by molar-refractivity contribution is 5.80. The Kier molecular flexibility index (Phi) is 4.50. The van der Waals surface area contributed by atoms with Crippen LogP contribution in [0.2, 0.25) is 0 Å². The van der Waals surface area contributed by atoms with E-state index in [0.717, 1.165) is 11.3 Å². The number of hydrogen-bond donors (Lipinski definition) is 1. The minimum Gasteiger partial charge on any atom is -0.497 e. The molecule has 1 fully saturated rings. The van der Waals surface area contributed by atoms with E-state index in [-0.39, 0.29) is 5.91 Å². The van der Waals surface area contributed by atoms with Crippen molar-refractivity contribution in [3.05, 3.63) is 29.8 Å². The maximum atomic E-state index is 12.2. The van der Waals surface area contributed by atoms with Crippen LogP contribution in [0.4, 0.5) is 0 Å². The van der Waals surface area contributed by atoms with Crippen molar-refractivity contribution < 1.29 is 19.4 Å². The first-order chi connectivity index (χ1) is 9.94. The van der Waals surface area contributed by atoms with E-state index in [1.807, 2.05) is 24.3 Å². The number of benzene rings is 1. The Labute approximate surface area is 124 Å². The lowest BCUT2D eigenvalue weighted by Crippen LogP contribution is -2.34. The van der Waals surface area contributed by atoms with E-state index in [4.69, 9.17) is 4.74 Å². The van der Waals surface area contributed by atoms with E-state index in [9.17, 15) is 14.7 Å². The molecule has 1 aliphatic rings. The van der Waals surface area contributed by atoms with Gasteiger partial charge in [-0.2, -0.15) is 0 Å². The van der Waals surface area contributed by atoms with Crippen LogP contribution in [0.15, 0.2) is 24.3 Å². The summed E-state index contributed by atoms with van der Waals surface area (Å²) in [6.07, 6.45) is 1.55. The second kappa shape index (κ2) is 6.16. The van der Waals surface area contributed by atoms with Gasteiger partial charge in [-0.1, -0.05) is 12.1 Å². The topological polar surface area (TPSA) is 66.8 Å². The SMILES string of the molecule is COc1cccc(CCC(=O)N2CC[C@@](C)(C(=O)O)C2)c1. The highest BCUT2D eigenvalue weighted by Gasteiger charge is 2.41. The predicted molar refractivity (Wildman–Crippen MR) is 78.3 cm³/mol. The van der Waals surface area contributed by atoms with E-state index < -0.39 is 11.4 Å². The molecule has 1 saturated heterocycles. The van der Waals surface area contributed by atoms with Crippen LogP contribution in [0.25, 0.3) is 0 Å². The zero-order chi connectivity index (χ0) is 15.5. The Morgan fingerprint density at radius 1 is 1.43 bits per heavy atom. The molecule has 1 aliphatic heterocycles. The van der Waals surface area contributed by atoms with Crippen LogP contribution in [0, 0.1) is 5.41 Å². The molecule has 0 aliphatic carbocycles. The van der Waals surface area contributed by atoms with Gasteiger partial charge in [0.1, 0.15) is 5.75 Å². The fourth-order valence-electron chi connectivity index (χ4n) is 2.59. The van der Waals surface area contributed by atoms with Gasteiger partial charge in [0.2, 0.25) is 5.91 Å². The molecule has 1 aromatic carbocycles. The Hall–Kier alpha value is -2.04. The van der Waals surface area contributed by atoms with Crippen molar-refractivity contribution >= 4 is 11.9 Å². The number of aryl methyl sites for hydroxylation is 1. The summed E-state index contributed by atoms with van der Waals surface area (Å²) in [5, 5.41) is 9.19. The minimum absolute atomic E-state index is 0.0165. The van der Waals surface area contributed by atoms with E-state index >= 15 is 0 Å². The van der Waals surface area contributed by atoms with Crippen molar-refractivity contribution in [3.8, 4) is 5.75 Å². The number of carboxylic acid groups (broad SMARTS) is 1. The summed E-state index contributed by atoms with van der Waals surface area (Å²) in [5.74, 6) is -0.0343. The molecule has 0 saturated carbocycles. The summed E-state index contributed by atoms with van der Waals surface area (Å²) < 4.78 is 5.15. The second-order valence-corrected chi connectivity index (χ2v) is 5.78.